The summed E-state index contributed by atoms with van der Waals surface area (Å²) in [6, 6.07) is 12.5. The predicted octanol–water partition coefficient (Wildman–Crippen LogP) is 3.67. The first-order valence-electron chi connectivity index (χ1n) is 7.81. The van der Waals surface area contributed by atoms with Crippen molar-refractivity contribution in [1.82, 2.24) is 0 Å². The van der Waals surface area contributed by atoms with Crippen LogP contribution in [-0.2, 0) is 14.3 Å². The first kappa shape index (κ1) is 18.5. The molecule has 7 nitrogen and oxygen atoms in total. The lowest BCUT2D eigenvalue weighted by molar-refractivity contribution is -0.119. The molecule has 1 aromatic heterocycles. The molecule has 0 aliphatic rings. The molecule has 0 spiro atoms. The lowest BCUT2D eigenvalue weighted by Crippen LogP contribution is -2.20. The van der Waals surface area contributed by atoms with Gasteiger partial charge in [0.2, 0.25) is 5.76 Å². The fraction of sp³-hybridized carbons (Fsp3) is 0.105. The van der Waals surface area contributed by atoms with Crippen molar-refractivity contribution >= 4 is 46.1 Å². The average Bonchev–Trinajstić information content (AvgIpc) is 3.09. The molecule has 0 aliphatic carbocycles. The number of furan rings is 1. The van der Waals surface area contributed by atoms with Gasteiger partial charge < -0.3 is 19.2 Å². The van der Waals surface area contributed by atoms with Gasteiger partial charge in [-0.15, -0.1) is 0 Å². The second-order valence-corrected chi connectivity index (χ2v) is 5.92. The lowest BCUT2D eigenvalue weighted by atomic mass is 10.2. The van der Waals surface area contributed by atoms with E-state index < -0.39 is 24.5 Å². The predicted molar refractivity (Wildman–Crippen MR) is 97.9 cm³/mol. The number of ether oxygens (including phenoxy) is 2. The number of benzene rings is 2. The Morgan fingerprint density at radius 1 is 1.04 bits per heavy atom. The number of halogens is 1. The van der Waals surface area contributed by atoms with Crippen LogP contribution in [0.15, 0.2) is 52.9 Å². The minimum absolute atomic E-state index is 0.0255. The number of esters is 2. The summed E-state index contributed by atoms with van der Waals surface area (Å²) in [5.41, 5.74) is 1.29. The topological polar surface area (TPSA) is 94.8 Å². The van der Waals surface area contributed by atoms with E-state index in [1.807, 2.05) is 0 Å². The zero-order chi connectivity index (χ0) is 19.4. The number of rotatable bonds is 5. The Balaban J connectivity index is 1.56. The Bertz CT molecular complexity index is 1010. The molecule has 27 heavy (non-hydrogen) atoms. The highest BCUT2D eigenvalue weighted by atomic mass is 35.5. The van der Waals surface area contributed by atoms with Crippen molar-refractivity contribution in [2.75, 3.05) is 19.0 Å². The Kier molecular flexibility index (Phi) is 5.42. The molecule has 8 heteroatoms. The molecule has 138 valence electrons. The number of anilines is 1. The lowest BCUT2D eigenvalue weighted by Gasteiger charge is -2.06. The van der Waals surface area contributed by atoms with Crippen molar-refractivity contribution in [3.8, 4) is 0 Å². The highest BCUT2D eigenvalue weighted by Crippen LogP contribution is 2.23. The summed E-state index contributed by atoms with van der Waals surface area (Å²) in [5, 5.41) is 3.72. The minimum atomic E-state index is -0.765. The van der Waals surface area contributed by atoms with Crippen molar-refractivity contribution in [1.29, 1.82) is 0 Å². The van der Waals surface area contributed by atoms with Crippen LogP contribution in [0.4, 0.5) is 5.69 Å². The van der Waals surface area contributed by atoms with Crippen LogP contribution in [0.1, 0.15) is 20.9 Å². The molecule has 1 amide bonds. The SMILES string of the molecule is COC(=O)c1ccc(NC(=O)COC(=O)c2cc3cc(Cl)ccc3o2)cc1. The minimum Gasteiger partial charge on any atom is -0.465 e. The first-order valence-corrected chi connectivity index (χ1v) is 8.18. The van der Waals surface area contributed by atoms with E-state index >= 15 is 0 Å². The van der Waals surface area contributed by atoms with Gasteiger partial charge in [-0.25, -0.2) is 9.59 Å². The molecule has 0 unspecified atom stereocenters. The van der Waals surface area contributed by atoms with E-state index in [9.17, 15) is 14.4 Å². The van der Waals surface area contributed by atoms with Crippen LogP contribution in [-0.4, -0.2) is 31.6 Å². The molecular formula is C19H14ClNO6. The van der Waals surface area contributed by atoms with Gasteiger partial charge in [0.25, 0.3) is 5.91 Å². The summed E-state index contributed by atoms with van der Waals surface area (Å²) in [7, 11) is 1.28. The summed E-state index contributed by atoms with van der Waals surface area (Å²) in [5.74, 6) is -1.80. The highest BCUT2D eigenvalue weighted by Gasteiger charge is 2.16. The second-order valence-electron chi connectivity index (χ2n) is 5.49. The summed E-state index contributed by atoms with van der Waals surface area (Å²) in [4.78, 5) is 35.3. The average molecular weight is 388 g/mol. The van der Waals surface area contributed by atoms with Crippen LogP contribution in [0.3, 0.4) is 0 Å². The van der Waals surface area contributed by atoms with Crippen molar-refractivity contribution in [2.24, 2.45) is 0 Å². The van der Waals surface area contributed by atoms with E-state index in [2.05, 4.69) is 10.1 Å². The van der Waals surface area contributed by atoms with E-state index in [1.165, 1.54) is 37.4 Å². The molecular weight excluding hydrogens is 374 g/mol. The molecule has 0 saturated heterocycles. The van der Waals surface area contributed by atoms with Crippen molar-refractivity contribution in [3.05, 3.63) is 64.9 Å². The number of nitrogens with one attached hydrogen (secondary N) is 1. The van der Waals surface area contributed by atoms with E-state index in [-0.39, 0.29) is 5.76 Å². The molecule has 0 radical (unpaired) electrons. The van der Waals surface area contributed by atoms with Gasteiger partial charge in [0.05, 0.1) is 12.7 Å². The zero-order valence-electron chi connectivity index (χ0n) is 14.2. The Hall–Kier alpha value is -3.32. The maximum Gasteiger partial charge on any atom is 0.374 e. The second kappa shape index (κ2) is 7.92. The Morgan fingerprint density at radius 3 is 2.48 bits per heavy atom. The number of amides is 1. The van der Waals surface area contributed by atoms with Crippen LogP contribution in [0.5, 0.6) is 0 Å². The zero-order valence-corrected chi connectivity index (χ0v) is 14.9. The third kappa shape index (κ3) is 4.45. The molecule has 0 atom stereocenters. The molecule has 0 saturated carbocycles. The molecule has 1 N–H and O–H groups in total. The number of hydrogen-bond donors (Lipinski definition) is 1. The smallest absolute Gasteiger partial charge is 0.374 e. The van der Waals surface area contributed by atoms with Crippen molar-refractivity contribution in [2.45, 2.75) is 0 Å². The van der Waals surface area contributed by atoms with Crippen LogP contribution in [0.2, 0.25) is 5.02 Å². The number of carbonyl (C=O) groups excluding carboxylic acids is 3. The molecule has 3 aromatic rings. The van der Waals surface area contributed by atoms with Crippen molar-refractivity contribution < 1.29 is 28.3 Å². The highest BCUT2D eigenvalue weighted by molar-refractivity contribution is 6.31. The standard InChI is InChI=1S/C19H14ClNO6/c1-25-18(23)11-2-5-14(6-3-11)21-17(22)10-26-19(24)16-9-12-8-13(20)4-7-15(12)27-16/h2-9H,10H2,1H3,(H,21,22). The number of methoxy groups -OCH3 is 1. The summed E-state index contributed by atoms with van der Waals surface area (Å²) >= 11 is 5.89. The number of hydrogen-bond acceptors (Lipinski definition) is 6. The molecule has 0 fully saturated rings. The monoisotopic (exact) mass is 387 g/mol. The van der Waals surface area contributed by atoms with E-state index in [0.717, 1.165) is 0 Å². The fourth-order valence-electron chi connectivity index (χ4n) is 2.32. The largest absolute Gasteiger partial charge is 0.465 e. The molecule has 0 aliphatic heterocycles. The van der Waals surface area contributed by atoms with Crippen LogP contribution in [0, 0.1) is 0 Å². The molecule has 1 heterocycles. The van der Waals surface area contributed by atoms with Crippen LogP contribution >= 0.6 is 11.6 Å². The number of fused-ring (bicyclic) bond motifs is 1. The van der Waals surface area contributed by atoms with Gasteiger partial charge in [-0.05, 0) is 48.5 Å². The molecule has 3 rings (SSSR count). The Labute approximate surface area is 158 Å². The summed E-state index contributed by atoms with van der Waals surface area (Å²) in [6.45, 7) is -0.491. The van der Waals surface area contributed by atoms with Gasteiger partial charge in [0.15, 0.2) is 6.61 Å². The normalized spacial score (nSPS) is 10.4. The molecule has 2 aromatic carbocycles. The first-order chi connectivity index (χ1) is 13.0. The van der Waals surface area contributed by atoms with Gasteiger partial charge in [-0.2, -0.15) is 0 Å². The fourth-order valence-corrected chi connectivity index (χ4v) is 2.50. The third-order valence-electron chi connectivity index (χ3n) is 3.60. The van der Waals surface area contributed by atoms with Gasteiger partial charge in [0, 0.05) is 16.1 Å². The Morgan fingerprint density at radius 2 is 1.78 bits per heavy atom. The maximum atomic E-state index is 12.0. The van der Waals surface area contributed by atoms with Crippen molar-refractivity contribution in [3.63, 3.8) is 0 Å². The van der Waals surface area contributed by atoms with Crippen LogP contribution in [0.25, 0.3) is 11.0 Å². The maximum absolute atomic E-state index is 12.0. The van der Waals surface area contributed by atoms with E-state index in [4.69, 9.17) is 20.8 Å². The number of carbonyl (C=O) groups is 3. The van der Waals surface area contributed by atoms with E-state index in [0.29, 0.717) is 27.2 Å². The van der Waals surface area contributed by atoms with E-state index in [1.54, 1.807) is 18.2 Å². The third-order valence-corrected chi connectivity index (χ3v) is 3.84. The van der Waals surface area contributed by atoms with Gasteiger partial charge in [-0.3, -0.25) is 4.79 Å². The molecule has 0 bridgehead atoms. The quantitative estimate of drug-likeness (QED) is 0.671. The summed E-state index contributed by atoms with van der Waals surface area (Å²) in [6.07, 6.45) is 0. The van der Waals surface area contributed by atoms with Gasteiger partial charge in [0.1, 0.15) is 5.58 Å². The summed E-state index contributed by atoms with van der Waals surface area (Å²) < 4.78 is 14.9. The van der Waals surface area contributed by atoms with Crippen LogP contribution < -0.4 is 5.32 Å². The van der Waals surface area contributed by atoms with Gasteiger partial charge >= 0.3 is 11.9 Å². The van der Waals surface area contributed by atoms with Gasteiger partial charge in [-0.1, -0.05) is 11.6 Å².